The van der Waals surface area contributed by atoms with Gasteiger partial charge in [-0.15, -0.1) is 0 Å². The summed E-state index contributed by atoms with van der Waals surface area (Å²) < 4.78 is 34.4. The maximum atomic E-state index is 10.8. The zero-order valence-corrected chi connectivity index (χ0v) is 13.6. The summed E-state index contributed by atoms with van der Waals surface area (Å²) in [5.74, 6) is -0.479. The van der Waals surface area contributed by atoms with Crippen LogP contribution in [0.15, 0.2) is 12.7 Å². The molecule has 0 aromatic carbocycles. The largest absolute Gasteiger partial charge is 0.463 e. The Bertz CT molecular complexity index is 376. The number of hydrogen-bond acceptors (Lipinski definition) is 4. The Morgan fingerprint density at radius 1 is 0.905 bits per heavy atom. The van der Waals surface area contributed by atoms with E-state index < -0.39 is 10.1 Å². The topological polar surface area (TPSA) is 80.7 Å². The molecule has 0 saturated heterocycles. The van der Waals surface area contributed by atoms with Crippen LogP contribution in [0.2, 0.25) is 0 Å². The molecule has 0 rings (SSSR count). The second kappa shape index (κ2) is 12.8. The molecular weight excluding hydrogens is 292 g/mol. The van der Waals surface area contributed by atoms with Crippen molar-refractivity contribution in [3.8, 4) is 0 Å². The van der Waals surface area contributed by atoms with E-state index in [1.807, 2.05) is 0 Å². The van der Waals surface area contributed by atoms with Gasteiger partial charge in [0.1, 0.15) is 0 Å². The van der Waals surface area contributed by atoms with Gasteiger partial charge in [0.15, 0.2) is 0 Å². The van der Waals surface area contributed by atoms with E-state index in [2.05, 4.69) is 6.58 Å². The molecule has 0 saturated carbocycles. The molecule has 0 unspecified atom stereocenters. The average molecular weight is 320 g/mol. The standard InChI is InChI=1S/C15H28O5S/c1-2-15(16)20-13-11-9-7-5-3-4-6-8-10-12-14-21(17,18)19/h2H,1,3-14H2,(H,17,18,19). The Labute approximate surface area is 128 Å². The van der Waals surface area contributed by atoms with E-state index in [0.717, 1.165) is 44.9 Å². The van der Waals surface area contributed by atoms with Crippen LogP contribution >= 0.6 is 0 Å². The van der Waals surface area contributed by atoms with Crippen molar-refractivity contribution in [2.45, 2.75) is 64.2 Å². The van der Waals surface area contributed by atoms with E-state index in [-0.39, 0.29) is 11.7 Å². The van der Waals surface area contributed by atoms with Crippen LogP contribution in [0.25, 0.3) is 0 Å². The third kappa shape index (κ3) is 17.1. The molecule has 0 aromatic rings. The molecule has 0 spiro atoms. The van der Waals surface area contributed by atoms with E-state index in [1.165, 1.54) is 18.9 Å². The number of ether oxygens (including phenoxy) is 1. The van der Waals surface area contributed by atoms with Crippen molar-refractivity contribution in [1.82, 2.24) is 0 Å². The van der Waals surface area contributed by atoms with Gasteiger partial charge >= 0.3 is 5.97 Å². The minimum Gasteiger partial charge on any atom is -0.463 e. The summed E-state index contributed by atoms with van der Waals surface area (Å²) >= 11 is 0. The second-order valence-electron chi connectivity index (χ2n) is 5.19. The van der Waals surface area contributed by atoms with Gasteiger partial charge in [0.2, 0.25) is 0 Å². The zero-order valence-electron chi connectivity index (χ0n) is 12.8. The van der Waals surface area contributed by atoms with Crippen molar-refractivity contribution in [2.75, 3.05) is 12.4 Å². The summed E-state index contributed by atoms with van der Waals surface area (Å²) in [7, 11) is -3.78. The molecule has 21 heavy (non-hydrogen) atoms. The van der Waals surface area contributed by atoms with Gasteiger partial charge in [-0.2, -0.15) is 8.42 Å². The minimum absolute atomic E-state index is 0.122. The highest BCUT2D eigenvalue weighted by Crippen LogP contribution is 2.11. The van der Waals surface area contributed by atoms with Crippen molar-refractivity contribution in [1.29, 1.82) is 0 Å². The normalized spacial score (nSPS) is 11.3. The Balaban J connectivity index is 3.12. The molecule has 0 aliphatic rings. The number of rotatable bonds is 14. The molecule has 0 aromatic heterocycles. The molecule has 6 heteroatoms. The van der Waals surface area contributed by atoms with Gasteiger partial charge in [-0.3, -0.25) is 4.55 Å². The van der Waals surface area contributed by atoms with Gasteiger partial charge in [0.05, 0.1) is 12.4 Å². The summed E-state index contributed by atoms with van der Waals surface area (Å²) in [6.07, 6.45) is 11.4. The fourth-order valence-corrected chi connectivity index (χ4v) is 2.60. The number of carbonyl (C=O) groups is 1. The van der Waals surface area contributed by atoms with Crippen LogP contribution in [0.1, 0.15) is 64.2 Å². The van der Waals surface area contributed by atoms with Gasteiger partial charge in [-0.25, -0.2) is 4.79 Å². The van der Waals surface area contributed by atoms with Crippen LogP contribution in [0.3, 0.4) is 0 Å². The monoisotopic (exact) mass is 320 g/mol. The lowest BCUT2D eigenvalue weighted by atomic mass is 10.1. The van der Waals surface area contributed by atoms with E-state index in [0.29, 0.717) is 13.0 Å². The molecule has 0 aliphatic carbocycles. The molecule has 1 N–H and O–H groups in total. The highest BCUT2D eigenvalue weighted by molar-refractivity contribution is 7.85. The minimum atomic E-state index is -3.78. The second-order valence-corrected chi connectivity index (χ2v) is 6.77. The highest BCUT2D eigenvalue weighted by atomic mass is 32.2. The molecule has 0 radical (unpaired) electrons. The zero-order chi connectivity index (χ0) is 16.0. The first-order chi connectivity index (χ1) is 9.95. The lowest BCUT2D eigenvalue weighted by molar-refractivity contribution is -0.137. The van der Waals surface area contributed by atoms with Gasteiger partial charge in [-0.05, 0) is 12.8 Å². The smallest absolute Gasteiger partial charge is 0.330 e. The fourth-order valence-electron chi connectivity index (χ4n) is 2.03. The first-order valence-electron chi connectivity index (χ1n) is 7.70. The third-order valence-corrected chi connectivity index (χ3v) is 4.01. The molecule has 0 fully saturated rings. The Kier molecular flexibility index (Phi) is 12.3. The molecule has 5 nitrogen and oxygen atoms in total. The molecule has 0 atom stereocenters. The van der Waals surface area contributed by atoms with Gasteiger partial charge in [-0.1, -0.05) is 57.9 Å². The van der Waals surface area contributed by atoms with Crippen LogP contribution in [0, 0.1) is 0 Å². The van der Waals surface area contributed by atoms with E-state index >= 15 is 0 Å². The lowest BCUT2D eigenvalue weighted by Gasteiger charge is -2.03. The van der Waals surface area contributed by atoms with Crippen molar-refractivity contribution >= 4 is 16.1 Å². The van der Waals surface area contributed by atoms with Gasteiger partial charge in [0.25, 0.3) is 10.1 Å². The van der Waals surface area contributed by atoms with Crippen LogP contribution in [0.4, 0.5) is 0 Å². The third-order valence-electron chi connectivity index (χ3n) is 3.21. The van der Waals surface area contributed by atoms with E-state index in [9.17, 15) is 13.2 Å². The maximum absolute atomic E-state index is 10.8. The molecule has 124 valence electrons. The lowest BCUT2D eigenvalue weighted by Crippen LogP contribution is -2.03. The maximum Gasteiger partial charge on any atom is 0.330 e. The predicted molar refractivity (Wildman–Crippen MR) is 83.7 cm³/mol. The summed E-state index contributed by atoms with van der Waals surface area (Å²) in [4.78, 5) is 10.8. The molecule has 0 bridgehead atoms. The number of unbranched alkanes of at least 4 members (excludes halogenated alkanes) is 9. The van der Waals surface area contributed by atoms with Crippen LogP contribution < -0.4 is 0 Å². The fraction of sp³-hybridized carbons (Fsp3) is 0.800. The summed E-state index contributed by atoms with van der Waals surface area (Å²) in [6, 6.07) is 0. The summed E-state index contributed by atoms with van der Waals surface area (Å²) in [6.45, 7) is 3.80. The van der Waals surface area contributed by atoms with Crippen molar-refractivity contribution in [3.05, 3.63) is 12.7 Å². The molecular formula is C15H28O5S. The van der Waals surface area contributed by atoms with Crippen molar-refractivity contribution in [2.24, 2.45) is 0 Å². The SMILES string of the molecule is C=CC(=O)OCCCCCCCCCCCCS(=O)(=O)O. The number of carbonyl (C=O) groups excluding carboxylic acids is 1. The summed E-state index contributed by atoms with van der Waals surface area (Å²) in [5.41, 5.74) is 0. The van der Waals surface area contributed by atoms with Crippen LogP contribution in [0.5, 0.6) is 0 Å². The first kappa shape index (κ1) is 20.1. The van der Waals surface area contributed by atoms with E-state index in [1.54, 1.807) is 0 Å². The molecule has 0 aliphatic heterocycles. The summed E-state index contributed by atoms with van der Waals surface area (Å²) in [5, 5.41) is 0. The highest BCUT2D eigenvalue weighted by Gasteiger charge is 2.02. The van der Waals surface area contributed by atoms with Gasteiger partial charge < -0.3 is 4.74 Å². The Hall–Kier alpha value is -0.880. The van der Waals surface area contributed by atoms with Crippen molar-refractivity contribution < 1.29 is 22.5 Å². The predicted octanol–water partition coefficient (Wildman–Crippen LogP) is 3.50. The van der Waals surface area contributed by atoms with Crippen LogP contribution in [-0.4, -0.2) is 31.3 Å². The average Bonchev–Trinajstić information content (AvgIpc) is 2.42. The molecule has 0 heterocycles. The van der Waals surface area contributed by atoms with Crippen molar-refractivity contribution in [3.63, 3.8) is 0 Å². The van der Waals surface area contributed by atoms with E-state index in [4.69, 9.17) is 9.29 Å². The first-order valence-corrected chi connectivity index (χ1v) is 9.31. The van der Waals surface area contributed by atoms with Gasteiger partial charge in [0, 0.05) is 6.08 Å². The number of esters is 1. The van der Waals surface area contributed by atoms with Crippen LogP contribution in [-0.2, 0) is 19.6 Å². The molecule has 0 amide bonds. The Morgan fingerprint density at radius 2 is 1.33 bits per heavy atom. The number of hydrogen-bond donors (Lipinski definition) is 1. The quantitative estimate of drug-likeness (QED) is 0.229. The Morgan fingerprint density at radius 3 is 1.76 bits per heavy atom.